The van der Waals surface area contributed by atoms with E-state index >= 15 is 0 Å². The average molecular weight is 171 g/mol. The van der Waals surface area contributed by atoms with Gasteiger partial charge in [-0.15, -0.1) is 0 Å². The minimum atomic E-state index is 0.289. The van der Waals surface area contributed by atoms with Crippen LogP contribution in [-0.4, -0.2) is 39.0 Å². The Labute approximate surface area is 73.4 Å². The zero-order valence-corrected chi connectivity index (χ0v) is 7.42. The number of morpholine rings is 1. The van der Waals surface area contributed by atoms with E-state index < -0.39 is 0 Å². The Morgan fingerprint density at radius 2 is 2.25 bits per heavy atom. The number of hydrogen-bond donors (Lipinski definition) is 1. The van der Waals surface area contributed by atoms with Gasteiger partial charge in [0.2, 0.25) is 0 Å². The third-order valence-electron chi connectivity index (χ3n) is 2.36. The molecule has 0 aromatic heterocycles. The van der Waals surface area contributed by atoms with Gasteiger partial charge in [0.15, 0.2) is 0 Å². The Kier molecular flexibility index (Phi) is 2.98. The Hall–Kier alpha value is -0.120. The van der Waals surface area contributed by atoms with Crippen LogP contribution in [0.2, 0.25) is 0 Å². The quantitative estimate of drug-likeness (QED) is 0.664. The van der Waals surface area contributed by atoms with Gasteiger partial charge in [-0.1, -0.05) is 0 Å². The van der Waals surface area contributed by atoms with Gasteiger partial charge in [0.05, 0.1) is 19.3 Å². The van der Waals surface area contributed by atoms with E-state index in [0.29, 0.717) is 0 Å². The van der Waals surface area contributed by atoms with Gasteiger partial charge < -0.3 is 14.8 Å². The lowest BCUT2D eigenvalue weighted by Gasteiger charge is -2.23. The maximum atomic E-state index is 5.53. The van der Waals surface area contributed by atoms with E-state index in [1.165, 1.54) is 12.8 Å². The van der Waals surface area contributed by atoms with E-state index in [1.54, 1.807) is 0 Å². The summed E-state index contributed by atoms with van der Waals surface area (Å²) in [7, 11) is 0. The molecular weight excluding hydrogens is 154 g/mol. The zero-order valence-electron chi connectivity index (χ0n) is 7.42. The lowest BCUT2D eigenvalue weighted by Crippen LogP contribution is -2.41. The van der Waals surface area contributed by atoms with E-state index in [1.807, 2.05) is 0 Å². The van der Waals surface area contributed by atoms with Crippen LogP contribution in [0, 0.1) is 5.92 Å². The summed E-state index contributed by atoms with van der Waals surface area (Å²) in [6, 6.07) is 0. The number of hydrogen-bond acceptors (Lipinski definition) is 3. The summed E-state index contributed by atoms with van der Waals surface area (Å²) in [5.41, 5.74) is 0. The van der Waals surface area contributed by atoms with Crippen molar-refractivity contribution in [1.29, 1.82) is 0 Å². The van der Waals surface area contributed by atoms with Crippen molar-refractivity contribution in [3.8, 4) is 0 Å². The Bertz CT molecular complexity index is 130. The van der Waals surface area contributed by atoms with Crippen molar-refractivity contribution in [2.24, 2.45) is 5.92 Å². The molecule has 2 rings (SSSR count). The predicted octanol–water partition coefficient (Wildman–Crippen LogP) is 0.401. The third kappa shape index (κ3) is 2.73. The molecule has 0 radical (unpaired) electrons. The first-order valence-corrected chi connectivity index (χ1v) is 4.85. The summed E-state index contributed by atoms with van der Waals surface area (Å²) in [6.45, 7) is 4.48. The topological polar surface area (TPSA) is 30.5 Å². The fraction of sp³-hybridized carbons (Fsp3) is 1.00. The summed E-state index contributed by atoms with van der Waals surface area (Å²) < 4.78 is 11.0. The van der Waals surface area contributed by atoms with Crippen LogP contribution in [-0.2, 0) is 9.47 Å². The SMILES string of the molecule is C1CO[C@@H](COCC2CC2)CN1. The number of nitrogens with one attached hydrogen (secondary N) is 1. The van der Waals surface area contributed by atoms with Crippen LogP contribution in [0.1, 0.15) is 12.8 Å². The van der Waals surface area contributed by atoms with Gasteiger partial charge in [0.25, 0.3) is 0 Å². The Morgan fingerprint density at radius 1 is 1.33 bits per heavy atom. The van der Waals surface area contributed by atoms with Gasteiger partial charge >= 0.3 is 0 Å². The summed E-state index contributed by atoms with van der Waals surface area (Å²) in [4.78, 5) is 0. The molecule has 1 saturated heterocycles. The molecule has 3 nitrogen and oxygen atoms in total. The van der Waals surface area contributed by atoms with Crippen molar-refractivity contribution >= 4 is 0 Å². The first-order valence-electron chi connectivity index (χ1n) is 4.85. The predicted molar refractivity (Wildman–Crippen MR) is 46.2 cm³/mol. The first kappa shape index (κ1) is 8.48. The highest BCUT2D eigenvalue weighted by Crippen LogP contribution is 2.28. The molecule has 70 valence electrons. The molecular formula is C9H17NO2. The normalized spacial score (nSPS) is 30.5. The second-order valence-corrected chi connectivity index (χ2v) is 3.68. The second-order valence-electron chi connectivity index (χ2n) is 3.68. The van der Waals surface area contributed by atoms with Crippen molar-refractivity contribution in [3.05, 3.63) is 0 Å². The van der Waals surface area contributed by atoms with Gasteiger partial charge in [-0.25, -0.2) is 0 Å². The molecule has 0 spiro atoms. The van der Waals surface area contributed by atoms with Gasteiger partial charge in [-0.2, -0.15) is 0 Å². The maximum absolute atomic E-state index is 5.53. The second kappa shape index (κ2) is 4.21. The van der Waals surface area contributed by atoms with Crippen LogP contribution in [0.3, 0.4) is 0 Å². The molecule has 3 heteroatoms. The van der Waals surface area contributed by atoms with E-state index in [9.17, 15) is 0 Å². The van der Waals surface area contributed by atoms with Crippen LogP contribution in [0.15, 0.2) is 0 Å². The minimum absolute atomic E-state index is 0.289. The fourth-order valence-electron chi connectivity index (χ4n) is 1.38. The Morgan fingerprint density at radius 3 is 2.92 bits per heavy atom. The maximum Gasteiger partial charge on any atom is 0.0933 e. The standard InChI is InChI=1S/C9H17NO2/c1-2-8(1)6-11-7-9-5-10-3-4-12-9/h8-10H,1-7H2/t9-/m1/s1. The van der Waals surface area contributed by atoms with Crippen LogP contribution in [0.5, 0.6) is 0 Å². The summed E-state index contributed by atoms with van der Waals surface area (Å²) in [5, 5.41) is 3.28. The molecule has 0 aromatic rings. The van der Waals surface area contributed by atoms with E-state index in [-0.39, 0.29) is 6.10 Å². The van der Waals surface area contributed by atoms with Gasteiger partial charge in [-0.05, 0) is 18.8 Å². The fourth-order valence-corrected chi connectivity index (χ4v) is 1.38. The molecule has 1 heterocycles. The van der Waals surface area contributed by atoms with Gasteiger partial charge in [0.1, 0.15) is 0 Å². The van der Waals surface area contributed by atoms with Crippen LogP contribution in [0.4, 0.5) is 0 Å². The Balaban J connectivity index is 1.52. The highest BCUT2D eigenvalue weighted by Gasteiger charge is 2.22. The molecule has 1 saturated carbocycles. The number of rotatable bonds is 4. The van der Waals surface area contributed by atoms with E-state index in [4.69, 9.17) is 9.47 Å². The molecule has 0 aromatic carbocycles. The third-order valence-corrected chi connectivity index (χ3v) is 2.36. The van der Waals surface area contributed by atoms with E-state index in [2.05, 4.69) is 5.32 Å². The minimum Gasteiger partial charge on any atom is -0.378 e. The number of ether oxygens (including phenoxy) is 2. The summed E-state index contributed by atoms with van der Waals surface area (Å²) >= 11 is 0. The summed E-state index contributed by atoms with van der Waals surface area (Å²) in [5.74, 6) is 0.863. The largest absolute Gasteiger partial charge is 0.378 e. The first-order chi connectivity index (χ1) is 5.95. The van der Waals surface area contributed by atoms with Gasteiger partial charge in [-0.3, -0.25) is 0 Å². The molecule has 2 aliphatic rings. The van der Waals surface area contributed by atoms with Crippen molar-refractivity contribution in [2.75, 3.05) is 32.9 Å². The monoisotopic (exact) mass is 171 g/mol. The molecule has 1 N–H and O–H groups in total. The van der Waals surface area contributed by atoms with Crippen molar-refractivity contribution in [3.63, 3.8) is 0 Å². The van der Waals surface area contributed by atoms with E-state index in [0.717, 1.165) is 38.8 Å². The molecule has 0 unspecified atom stereocenters. The van der Waals surface area contributed by atoms with Crippen molar-refractivity contribution in [1.82, 2.24) is 5.32 Å². The molecule has 12 heavy (non-hydrogen) atoms. The lowest BCUT2D eigenvalue weighted by molar-refractivity contribution is -0.0333. The molecule has 0 amide bonds. The van der Waals surface area contributed by atoms with Crippen LogP contribution >= 0.6 is 0 Å². The molecule has 1 aliphatic heterocycles. The highest BCUT2D eigenvalue weighted by atomic mass is 16.5. The zero-order chi connectivity index (χ0) is 8.23. The molecule has 1 aliphatic carbocycles. The van der Waals surface area contributed by atoms with Crippen LogP contribution < -0.4 is 5.32 Å². The summed E-state index contributed by atoms with van der Waals surface area (Å²) in [6.07, 6.45) is 3.02. The highest BCUT2D eigenvalue weighted by molar-refractivity contribution is 4.73. The van der Waals surface area contributed by atoms with Gasteiger partial charge in [0, 0.05) is 19.7 Å². The average Bonchev–Trinajstić information content (AvgIpc) is 2.90. The van der Waals surface area contributed by atoms with Crippen molar-refractivity contribution < 1.29 is 9.47 Å². The lowest BCUT2D eigenvalue weighted by atomic mass is 10.3. The van der Waals surface area contributed by atoms with Crippen molar-refractivity contribution in [2.45, 2.75) is 18.9 Å². The van der Waals surface area contributed by atoms with Crippen LogP contribution in [0.25, 0.3) is 0 Å². The molecule has 1 atom stereocenters. The smallest absolute Gasteiger partial charge is 0.0933 e. The molecule has 0 bridgehead atoms. The molecule has 2 fully saturated rings.